The van der Waals surface area contributed by atoms with E-state index in [1.54, 1.807) is 20.2 Å². The van der Waals surface area contributed by atoms with Crippen LogP contribution in [0.4, 0.5) is 0 Å². The Hall–Kier alpha value is -4.07. The van der Waals surface area contributed by atoms with Gasteiger partial charge in [0.15, 0.2) is 11.4 Å². The van der Waals surface area contributed by atoms with Gasteiger partial charge in [0.1, 0.15) is 17.4 Å². The number of hydrogen-bond acceptors (Lipinski definition) is 12. The molecule has 1 aromatic heterocycles. The zero-order valence-electron chi connectivity index (χ0n) is 22.3. The first-order valence-corrected chi connectivity index (χ1v) is 12.6. The topological polar surface area (TPSA) is 206 Å². The van der Waals surface area contributed by atoms with Crippen LogP contribution in [-0.2, 0) is 20.8 Å². The Labute approximate surface area is 228 Å². The molecule has 0 bridgehead atoms. The Morgan fingerprint density at radius 2 is 1.85 bits per heavy atom. The summed E-state index contributed by atoms with van der Waals surface area (Å²) in [5, 5.41) is 44.9. The minimum atomic E-state index is -2.72. The number of nitrogens with two attached hydrogens (primary N) is 1. The summed E-state index contributed by atoms with van der Waals surface area (Å²) in [6.07, 6.45) is 0.0353. The van der Waals surface area contributed by atoms with Crippen LogP contribution in [0.2, 0.25) is 0 Å². The molecule has 2 unspecified atom stereocenters. The van der Waals surface area contributed by atoms with Crippen LogP contribution in [0.3, 0.4) is 0 Å². The predicted octanol–water partition coefficient (Wildman–Crippen LogP) is -0.397. The van der Waals surface area contributed by atoms with Crippen LogP contribution in [0, 0.1) is 17.8 Å². The molecule has 3 aliphatic carbocycles. The van der Waals surface area contributed by atoms with E-state index in [0.29, 0.717) is 16.7 Å². The van der Waals surface area contributed by atoms with Gasteiger partial charge in [-0.05, 0) is 50.0 Å². The van der Waals surface area contributed by atoms with E-state index in [9.17, 15) is 34.8 Å². The molecule has 1 amide bonds. The first-order chi connectivity index (χ1) is 18.9. The highest BCUT2D eigenvalue weighted by Gasteiger charge is 2.67. The van der Waals surface area contributed by atoms with Crippen molar-refractivity contribution in [2.24, 2.45) is 23.5 Å². The van der Waals surface area contributed by atoms with Crippen LogP contribution >= 0.6 is 0 Å². The number of Topliss-reactive ketones (excluding diaryl/α,β-unsaturated/α-hetero) is 2. The summed E-state index contributed by atoms with van der Waals surface area (Å²) < 4.78 is 10.5. The van der Waals surface area contributed by atoms with E-state index in [1.165, 1.54) is 31.4 Å². The number of rotatable bonds is 5. The van der Waals surface area contributed by atoms with Crippen LogP contribution in [0.15, 0.2) is 23.9 Å². The van der Waals surface area contributed by atoms with Gasteiger partial charge in [-0.15, -0.1) is 0 Å². The molecule has 0 aliphatic heterocycles. The fourth-order valence-corrected chi connectivity index (χ4v) is 6.65. The van der Waals surface area contributed by atoms with Gasteiger partial charge in [-0.2, -0.15) is 4.98 Å². The highest BCUT2D eigenvalue weighted by molar-refractivity contribution is 6.25. The second-order valence-corrected chi connectivity index (χ2v) is 10.6. The highest BCUT2D eigenvalue weighted by atomic mass is 16.5. The zero-order chi connectivity index (χ0) is 29.3. The lowest BCUT2D eigenvalue weighted by atomic mass is 9.54. The Balaban J connectivity index is 1.71. The van der Waals surface area contributed by atoms with Crippen molar-refractivity contribution in [3.63, 3.8) is 0 Å². The van der Waals surface area contributed by atoms with Crippen molar-refractivity contribution >= 4 is 23.2 Å². The lowest BCUT2D eigenvalue weighted by Crippen LogP contribution is -2.73. The number of carbonyl (C=O) groups excluding carboxylic acids is 3. The van der Waals surface area contributed by atoms with E-state index in [2.05, 4.69) is 9.97 Å². The third-order valence-electron chi connectivity index (χ3n) is 8.37. The van der Waals surface area contributed by atoms with E-state index in [1.807, 2.05) is 0 Å². The number of aromatic hydroxyl groups is 1. The summed E-state index contributed by atoms with van der Waals surface area (Å²) in [6.45, 7) is 0. The summed E-state index contributed by atoms with van der Waals surface area (Å²) in [7, 11) is 6.01. The molecule has 40 heavy (non-hydrogen) atoms. The zero-order valence-corrected chi connectivity index (χ0v) is 22.3. The maximum Gasteiger partial charge on any atom is 0.319 e. The van der Waals surface area contributed by atoms with Crippen LogP contribution < -0.4 is 15.2 Å². The van der Waals surface area contributed by atoms with Crippen molar-refractivity contribution < 1.29 is 44.3 Å². The first kappa shape index (κ1) is 27.5. The first-order valence-electron chi connectivity index (χ1n) is 12.6. The molecule has 6 atom stereocenters. The third-order valence-corrected chi connectivity index (χ3v) is 8.37. The number of aliphatic hydroxyl groups excluding tert-OH is 2. The number of phenols is 1. The molecule has 0 saturated heterocycles. The van der Waals surface area contributed by atoms with Crippen molar-refractivity contribution in [2.45, 2.75) is 30.6 Å². The van der Waals surface area contributed by atoms with Crippen LogP contribution in [0.1, 0.15) is 17.5 Å². The number of amides is 1. The van der Waals surface area contributed by atoms with Crippen LogP contribution in [0.25, 0.3) is 16.9 Å². The van der Waals surface area contributed by atoms with Gasteiger partial charge in [0.2, 0.25) is 17.6 Å². The standard InChI is InChI=1S/C27H30N4O9/c1-31(2)19-14-8-10-7-12-11(13-9-29-26(40-4)30-25(13)39-3)5-6-15(32)17(12)20(33)16(10)22(35)27(14,38)23(36)18(21(19)34)24(28)37/h5-6,9-10,14,18-19,21,32-34,38H,7-8H2,1-4H3,(H2,28,37)/t10-,14-,18?,19-,21?,27-/m1/s1. The molecule has 13 nitrogen and oxygen atoms in total. The number of likely N-dealkylation sites (N-methyl/N-ethyl adjacent to an activating group) is 1. The van der Waals surface area contributed by atoms with Gasteiger partial charge in [-0.25, -0.2) is 4.98 Å². The van der Waals surface area contributed by atoms with E-state index < -0.39 is 58.7 Å². The number of ketones is 2. The molecular weight excluding hydrogens is 524 g/mol. The second-order valence-electron chi connectivity index (χ2n) is 10.6. The van der Waals surface area contributed by atoms with Gasteiger partial charge < -0.3 is 40.5 Å². The number of aromatic nitrogens is 2. The quantitative estimate of drug-likeness (QED) is 0.300. The Bertz CT molecular complexity index is 1470. The van der Waals surface area contributed by atoms with E-state index in [4.69, 9.17) is 15.2 Å². The summed E-state index contributed by atoms with van der Waals surface area (Å²) in [6, 6.07) is 2.02. The van der Waals surface area contributed by atoms with Gasteiger partial charge in [-0.3, -0.25) is 14.4 Å². The SMILES string of the molecule is COc1ncc(-c2ccc(O)c3c2C[C@@H]2C[C@@H]4[C@@H](N(C)C)C(O)C(C(N)=O)C(=O)[C@]4(O)C(=O)C2=C3O)c(OC)n1. The number of phenolic OH excluding ortho intramolecular Hbond substituents is 1. The number of fused-ring (bicyclic) bond motifs is 3. The maximum absolute atomic E-state index is 14.0. The molecule has 2 fully saturated rings. The number of nitrogens with zero attached hydrogens (tertiary/aromatic N) is 3. The van der Waals surface area contributed by atoms with Gasteiger partial charge in [0.05, 0.1) is 31.5 Å². The molecule has 1 aromatic carbocycles. The van der Waals surface area contributed by atoms with Crippen LogP contribution in [-0.4, -0.2) is 98.8 Å². The number of benzene rings is 1. The van der Waals surface area contributed by atoms with Crippen molar-refractivity contribution in [3.05, 3.63) is 35.0 Å². The van der Waals surface area contributed by atoms with Crippen molar-refractivity contribution in [1.29, 1.82) is 0 Å². The second kappa shape index (κ2) is 9.54. The number of methoxy groups -OCH3 is 2. The molecule has 6 N–H and O–H groups in total. The minimum absolute atomic E-state index is 0.00352. The molecule has 1 heterocycles. The molecule has 13 heteroatoms. The van der Waals surface area contributed by atoms with Crippen molar-refractivity contribution in [2.75, 3.05) is 28.3 Å². The number of carbonyl (C=O) groups is 3. The minimum Gasteiger partial charge on any atom is -0.507 e. The molecule has 212 valence electrons. The van der Waals surface area contributed by atoms with E-state index in [0.717, 1.165) is 0 Å². The molecule has 2 saturated carbocycles. The third kappa shape index (κ3) is 3.68. The van der Waals surface area contributed by atoms with Crippen molar-refractivity contribution in [1.82, 2.24) is 14.9 Å². The molecule has 0 spiro atoms. The summed E-state index contributed by atoms with van der Waals surface area (Å²) in [4.78, 5) is 49.4. The van der Waals surface area contributed by atoms with Gasteiger partial charge in [-0.1, -0.05) is 6.07 Å². The predicted molar refractivity (Wildman–Crippen MR) is 138 cm³/mol. The average molecular weight is 555 g/mol. The number of ether oxygens (including phenoxy) is 2. The van der Waals surface area contributed by atoms with Crippen LogP contribution in [0.5, 0.6) is 17.6 Å². The number of primary amides is 1. The Morgan fingerprint density at radius 3 is 2.45 bits per heavy atom. The molecule has 2 aromatic rings. The lowest BCUT2D eigenvalue weighted by Gasteiger charge is -2.53. The summed E-state index contributed by atoms with van der Waals surface area (Å²) in [5.74, 6) is -7.85. The number of hydrogen-bond donors (Lipinski definition) is 5. The van der Waals surface area contributed by atoms with Gasteiger partial charge in [0.25, 0.3) is 0 Å². The highest BCUT2D eigenvalue weighted by Crippen LogP contribution is 2.53. The smallest absolute Gasteiger partial charge is 0.319 e. The monoisotopic (exact) mass is 554 g/mol. The van der Waals surface area contributed by atoms with E-state index in [-0.39, 0.29) is 41.6 Å². The Morgan fingerprint density at radius 1 is 1.15 bits per heavy atom. The normalized spacial score (nSPS) is 29.5. The Kier molecular flexibility index (Phi) is 6.56. The van der Waals surface area contributed by atoms with E-state index >= 15 is 0 Å². The van der Waals surface area contributed by atoms with Gasteiger partial charge in [0, 0.05) is 23.7 Å². The van der Waals surface area contributed by atoms with Crippen molar-refractivity contribution in [3.8, 4) is 28.8 Å². The average Bonchev–Trinajstić information content (AvgIpc) is 2.90. The largest absolute Gasteiger partial charge is 0.507 e. The molecule has 3 aliphatic rings. The fourth-order valence-electron chi connectivity index (χ4n) is 6.65. The molecular formula is C27H30N4O9. The molecule has 5 rings (SSSR count). The summed E-state index contributed by atoms with van der Waals surface area (Å²) in [5.41, 5.74) is 3.84. The number of aliphatic hydroxyl groups is 3. The van der Waals surface area contributed by atoms with Gasteiger partial charge >= 0.3 is 6.01 Å². The fraction of sp³-hybridized carbons (Fsp3) is 0.444. The lowest BCUT2D eigenvalue weighted by molar-refractivity contribution is -0.184. The molecule has 0 radical (unpaired) electrons. The maximum atomic E-state index is 14.0. The summed E-state index contributed by atoms with van der Waals surface area (Å²) >= 11 is 0.